The maximum Gasteiger partial charge on any atom is 0.336 e. The fourth-order valence-electron chi connectivity index (χ4n) is 5.94. The van der Waals surface area contributed by atoms with Crippen molar-refractivity contribution in [2.24, 2.45) is 0 Å². The van der Waals surface area contributed by atoms with Gasteiger partial charge in [-0.15, -0.1) is 5.10 Å². The quantitative estimate of drug-likeness (QED) is 0.588. The minimum atomic E-state index is -0.889. The maximum atomic E-state index is 13.6. The van der Waals surface area contributed by atoms with Crippen LogP contribution in [0.4, 0.5) is 0 Å². The number of aliphatic hydroxyl groups excluding tert-OH is 1. The first-order valence-corrected chi connectivity index (χ1v) is 11.9. The van der Waals surface area contributed by atoms with E-state index in [-0.39, 0.29) is 30.6 Å². The number of rotatable bonds is 5. The summed E-state index contributed by atoms with van der Waals surface area (Å²) in [5.74, 6) is 0.136. The van der Waals surface area contributed by atoms with Gasteiger partial charge in [0, 0.05) is 49.8 Å². The van der Waals surface area contributed by atoms with Crippen LogP contribution in [0.1, 0.15) is 44.3 Å². The molecule has 3 saturated heterocycles. The van der Waals surface area contributed by atoms with Gasteiger partial charge >= 0.3 is 5.97 Å². The average molecular weight is 482 g/mol. The number of hydrogen-bond donors (Lipinski definition) is 1. The van der Waals surface area contributed by atoms with Crippen LogP contribution in [0, 0.1) is 0 Å². The van der Waals surface area contributed by atoms with Crippen molar-refractivity contribution in [1.82, 2.24) is 35.0 Å². The summed E-state index contributed by atoms with van der Waals surface area (Å²) in [7, 11) is 0. The lowest BCUT2D eigenvalue weighted by atomic mass is 9.83. The van der Waals surface area contributed by atoms with Gasteiger partial charge in [0.25, 0.3) is 5.91 Å². The Hall–Kier alpha value is -3.22. The van der Waals surface area contributed by atoms with E-state index in [4.69, 9.17) is 9.47 Å². The van der Waals surface area contributed by atoms with Crippen molar-refractivity contribution in [3.63, 3.8) is 0 Å². The molecule has 0 aliphatic carbocycles. The zero-order valence-corrected chi connectivity index (χ0v) is 19.4. The number of hydrogen-bond acceptors (Lipinski definition) is 10. The summed E-state index contributed by atoms with van der Waals surface area (Å²) in [5, 5.41) is 22.0. The Kier molecular flexibility index (Phi) is 5.38. The third-order valence-corrected chi connectivity index (χ3v) is 7.76. The van der Waals surface area contributed by atoms with Crippen LogP contribution in [0.5, 0.6) is 0 Å². The van der Waals surface area contributed by atoms with Crippen molar-refractivity contribution in [3.05, 3.63) is 41.5 Å². The molecule has 1 amide bonds. The third kappa shape index (κ3) is 3.72. The summed E-state index contributed by atoms with van der Waals surface area (Å²) in [6.45, 7) is 3.16. The molecule has 0 unspecified atom stereocenters. The standard InChI is InChI=1S/C23H27N7O5/c1-14-18(12-34-21(14)32)28-6-7-35-23(22(28)33)8-16-3-4-17(9-23)29(16)11-19(31)15-2-5-20(24-10-15)30-13-25-26-27-30/h2,5,10,13,16-17,19,31H,3-4,6-9,11-12H2,1H3/t16-,17+,19-,23-/m0/s1. The molecule has 6 heterocycles. The van der Waals surface area contributed by atoms with Crippen molar-refractivity contribution < 1.29 is 24.2 Å². The predicted molar refractivity (Wildman–Crippen MR) is 119 cm³/mol. The first-order valence-electron chi connectivity index (χ1n) is 11.9. The lowest BCUT2D eigenvalue weighted by Crippen LogP contribution is -2.63. The van der Waals surface area contributed by atoms with Gasteiger partial charge in [0.05, 0.1) is 24.0 Å². The van der Waals surface area contributed by atoms with E-state index in [1.807, 2.05) is 6.07 Å². The topological polar surface area (TPSA) is 136 Å². The van der Waals surface area contributed by atoms with Crippen LogP contribution in [0.25, 0.3) is 5.82 Å². The number of tetrazole rings is 1. The minimum absolute atomic E-state index is 0.0733. The molecule has 1 spiro atoms. The largest absolute Gasteiger partial charge is 0.456 e. The molecule has 4 atom stereocenters. The van der Waals surface area contributed by atoms with Crippen LogP contribution in [-0.2, 0) is 19.1 Å². The second-order valence-electron chi connectivity index (χ2n) is 9.66. The molecule has 2 aromatic rings. The Morgan fingerprint density at radius 2 is 2.03 bits per heavy atom. The first kappa shape index (κ1) is 22.3. The fraction of sp³-hybridized carbons (Fsp3) is 0.565. The van der Waals surface area contributed by atoms with Crippen molar-refractivity contribution in [3.8, 4) is 5.82 Å². The molecule has 6 rings (SSSR count). The molecule has 35 heavy (non-hydrogen) atoms. The number of pyridine rings is 1. The van der Waals surface area contributed by atoms with Gasteiger partial charge in [-0.2, -0.15) is 4.68 Å². The number of cyclic esters (lactones) is 1. The highest BCUT2D eigenvalue weighted by Gasteiger charge is 2.56. The zero-order chi connectivity index (χ0) is 24.2. The Morgan fingerprint density at radius 3 is 2.66 bits per heavy atom. The monoisotopic (exact) mass is 481 g/mol. The zero-order valence-electron chi connectivity index (χ0n) is 19.4. The van der Waals surface area contributed by atoms with Gasteiger partial charge in [-0.25, -0.2) is 9.78 Å². The van der Waals surface area contributed by atoms with E-state index >= 15 is 0 Å². The molecule has 4 aliphatic rings. The number of aliphatic hydroxyl groups is 1. The van der Waals surface area contributed by atoms with E-state index in [0.29, 0.717) is 55.2 Å². The second-order valence-corrected chi connectivity index (χ2v) is 9.66. The molecule has 0 saturated carbocycles. The number of amides is 1. The lowest BCUT2D eigenvalue weighted by Gasteiger charge is -2.49. The molecule has 2 aromatic heterocycles. The Labute approximate surface area is 201 Å². The van der Waals surface area contributed by atoms with E-state index < -0.39 is 11.7 Å². The number of piperidine rings is 1. The van der Waals surface area contributed by atoms with Crippen LogP contribution in [0.2, 0.25) is 0 Å². The van der Waals surface area contributed by atoms with E-state index in [2.05, 4.69) is 25.4 Å². The number of morpholine rings is 1. The molecule has 1 N–H and O–H groups in total. The minimum Gasteiger partial charge on any atom is -0.456 e. The number of ether oxygens (including phenoxy) is 2. The smallest absolute Gasteiger partial charge is 0.336 e. The van der Waals surface area contributed by atoms with Gasteiger partial charge in [0.1, 0.15) is 18.5 Å². The maximum absolute atomic E-state index is 13.6. The van der Waals surface area contributed by atoms with Gasteiger partial charge in [0.2, 0.25) is 0 Å². The molecule has 2 bridgehead atoms. The van der Waals surface area contributed by atoms with Crippen molar-refractivity contribution in [2.45, 2.75) is 56.4 Å². The van der Waals surface area contributed by atoms with E-state index in [0.717, 1.165) is 12.8 Å². The van der Waals surface area contributed by atoms with Crippen LogP contribution in [-0.4, -0.2) is 96.0 Å². The normalized spacial score (nSPS) is 29.8. The molecular weight excluding hydrogens is 454 g/mol. The van der Waals surface area contributed by atoms with Crippen LogP contribution >= 0.6 is 0 Å². The second kappa shape index (κ2) is 8.47. The highest BCUT2D eigenvalue weighted by atomic mass is 16.5. The third-order valence-electron chi connectivity index (χ3n) is 7.76. The molecule has 0 aromatic carbocycles. The summed E-state index contributed by atoms with van der Waals surface area (Å²) in [4.78, 5) is 33.9. The first-order chi connectivity index (χ1) is 16.9. The molecule has 12 heteroatoms. The number of aromatic nitrogens is 5. The van der Waals surface area contributed by atoms with Crippen LogP contribution in [0.15, 0.2) is 35.9 Å². The molecular formula is C23H27N7O5. The molecule has 184 valence electrons. The number of nitrogens with zero attached hydrogens (tertiary/aromatic N) is 7. The SMILES string of the molecule is CC1=C(N2CCO[C@@]3(C[C@H]4CC[C@@H](C3)N4C[C@H](O)c3ccc(-n4cnnn4)nc3)C2=O)COC1=O. The number of fused-ring (bicyclic) bond motifs is 2. The summed E-state index contributed by atoms with van der Waals surface area (Å²) in [5.41, 5.74) is 0.981. The molecule has 4 aliphatic heterocycles. The van der Waals surface area contributed by atoms with Gasteiger partial charge in [0.15, 0.2) is 5.82 Å². The highest BCUT2D eigenvalue weighted by molar-refractivity contribution is 5.94. The van der Waals surface area contributed by atoms with Gasteiger partial charge in [-0.05, 0) is 36.3 Å². The van der Waals surface area contributed by atoms with Crippen molar-refractivity contribution in [2.75, 3.05) is 26.3 Å². The van der Waals surface area contributed by atoms with Crippen LogP contribution < -0.4 is 0 Å². The van der Waals surface area contributed by atoms with Gasteiger partial charge in [-0.3, -0.25) is 9.69 Å². The molecule has 12 nitrogen and oxygen atoms in total. The van der Waals surface area contributed by atoms with Crippen LogP contribution in [0.3, 0.4) is 0 Å². The van der Waals surface area contributed by atoms with Gasteiger partial charge < -0.3 is 19.5 Å². The Bertz CT molecular complexity index is 1150. The van der Waals surface area contributed by atoms with E-state index in [1.165, 1.54) is 11.0 Å². The Morgan fingerprint density at radius 1 is 1.23 bits per heavy atom. The summed E-state index contributed by atoms with van der Waals surface area (Å²) in [6.07, 6.45) is 5.45. The summed E-state index contributed by atoms with van der Waals surface area (Å²) >= 11 is 0. The van der Waals surface area contributed by atoms with E-state index in [9.17, 15) is 14.7 Å². The average Bonchev–Trinajstić information content (AvgIpc) is 3.57. The summed E-state index contributed by atoms with van der Waals surface area (Å²) in [6, 6.07) is 3.87. The summed E-state index contributed by atoms with van der Waals surface area (Å²) < 4.78 is 12.8. The number of carbonyl (C=O) groups excluding carboxylic acids is 2. The van der Waals surface area contributed by atoms with E-state index in [1.54, 1.807) is 24.1 Å². The number of carbonyl (C=O) groups is 2. The van der Waals surface area contributed by atoms with Crippen molar-refractivity contribution >= 4 is 11.9 Å². The van der Waals surface area contributed by atoms with Crippen molar-refractivity contribution in [1.29, 1.82) is 0 Å². The van der Waals surface area contributed by atoms with Gasteiger partial charge in [-0.1, -0.05) is 6.07 Å². The predicted octanol–water partition coefficient (Wildman–Crippen LogP) is 0.146. The highest BCUT2D eigenvalue weighted by Crippen LogP contribution is 2.46. The number of esters is 1. The lowest BCUT2D eigenvalue weighted by molar-refractivity contribution is -0.182. The molecule has 3 fully saturated rings. The Balaban J connectivity index is 1.16. The molecule has 0 radical (unpaired) electrons. The fourth-order valence-corrected chi connectivity index (χ4v) is 5.94.